The van der Waals surface area contributed by atoms with E-state index in [1.807, 2.05) is 6.92 Å². The Bertz CT molecular complexity index is 318. The molecule has 0 N–H and O–H groups in total. The van der Waals surface area contributed by atoms with E-state index in [0.29, 0.717) is 32.8 Å². The molecule has 6 nitrogen and oxygen atoms in total. The van der Waals surface area contributed by atoms with Gasteiger partial charge in [0.15, 0.2) is 6.10 Å². The molecule has 136 valence electrons. The Kier molecular flexibility index (Phi) is 13.7. The maximum absolute atomic E-state index is 11.7. The summed E-state index contributed by atoms with van der Waals surface area (Å²) in [5, 5.41) is 0. The zero-order chi connectivity index (χ0) is 17.5. The van der Waals surface area contributed by atoms with E-state index < -0.39 is 6.10 Å². The van der Waals surface area contributed by atoms with Crippen LogP contribution in [0.5, 0.6) is 0 Å². The highest BCUT2D eigenvalue weighted by Gasteiger charge is 2.20. The maximum Gasteiger partial charge on any atom is 0.335 e. The lowest BCUT2D eigenvalue weighted by Gasteiger charge is -2.20. The van der Waals surface area contributed by atoms with Crippen molar-refractivity contribution in [3.05, 3.63) is 0 Å². The van der Waals surface area contributed by atoms with Gasteiger partial charge in [-0.25, -0.2) is 9.59 Å². The number of carbonyl (C=O) groups is 2. The third kappa shape index (κ3) is 11.1. The van der Waals surface area contributed by atoms with Crippen LogP contribution in [-0.4, -0.2) is 51.1 Å². The van der Waals surface area contributed by atoms with Crippen molar-refractivity contribution in [2.75, 3.05) is 33.0 Å². The number of carbonyl (C=O) groups excluding carboxylic acids is 2. The second-order valence-electron chi connectivity index (χ2n) is 5.31. The van der Waals surface area contributed by atoms with Gasteiger partial charge in [0.1, 0.15) is 6.61 Å². The monoisotopic (exact) mass is 332 g/mol. The molecule has 0 saturated carbocycles. The lowest BCUT2D eigenvalue weighted by Crippen LogP contribution is -2.29. The fourth-order valence-electron chi connectivity index (χ4n) is 2.06. The minimum Gasteiger partial charge on any atom is -0.464 e. The Balaban J connectivity index is 4.25. The van der Waals surface area contributed by atoms with Crippen molar-refractivity contribution in [1.82, 2.24) is 0 Å². The van der Waals surface area contributed by atoms with E-state index in [1.165, 1.54) is 0 Å². The second kappa shape index (κ2) is 14.5. The third-order valence-corrected chi connectivity index (χ3v) is 3.30. The summed E-state index contributed by atoms with van der Waals surface area (Å²) in [4.78, 5) is 23.0. The van der Waals surface area contributed by atoms with Crippen molar-refractivity contribution in [2.24, 2.45) is 5.92 Å². The van der Waals surface area contributed by atoms with E-state index in [-0.39, 0.29) is 24.5 Å². The Morgan fingerprint density at radius 3 is 2.22 bits per heavy atom. The SMILES string of the molecule is CCCCC(COCC(=O)OCC)COC(CC)C(=O)OCC. The van der Waals surface area contributed by atoms with Crippen molar-refractivity contribution < 1.29 is 28.5 Å². The van der Waals surface area contributed by atoms with Crippen molar-refractivity contribution >= 4 is 11.9 Å². The number of unbranched alkanes of at least 4 members (excludes halogenated alkanes) is 1. The molecule has 0 spiro atoms. The first-order valence-electron chi connectivity index (χ1n) is 8.60. The Hall–Kier alpha value is -1.14. The molecule has 2 unspecified atom stereocenters. The van der Waals surface area contributed by atoms with Crippen LogP contribution in [-0.2, 0) is 28.5 Å². The van der Waals surface area contributed by atoms with Gasteiger partial charge in [-0.15, -0.1) is 0 Å². The van der Waals surface area contributed by atoms with Crippen LogP contribution in [0.15, 0.2) is 0 Å². The van der Waals surface area contributed by atoms with Gasteiger partial charge in [0, 0.05) is 5.92 Å². The summed E-state index contributed by atoms with van der Waals surface area (Å²) in [6.07, 6.45) is 3.09. The van der Waals surface area contributed by atoms with Gasteiger partial charge in [-0.05, 0) is 26.7 Å². The van der Waals surface area contributed by atoms with Crippen LogP contribution in [0.4, 0.5) is 0 Å². The van der Waals surface area contributed by atoms with Crippen molar-refractivity contribution in [1.29, 1.82) is 0 Å². The van der Waals surface area contributed by atoms with Gasteiger partial charge < -0.3 is 18.9 Å². The Labute approximate surface area is 139 Å². The minimum absolute atomic E-state index is 0.0501. The first-order valence-corrected chi connectivity index (χ1v) is 8.60. The summed E-state index contributed by atoms with van der Waals surface area (Å²) in [7, 11) is 0. The molecule has 0 amide bonds. The van der Waals surface area contributed by atoms with Crippen LogP contribution in [0.2, 0.25) is 0 Å². The lowest BCUT2D eigenvalue weighted by molar-refractivity contribution is -0.158. The van der Waals surface area contributed by atoms with E-state index in [2.05, 4.69) is 6.92 Å². The third-order valence-electron chi connectivity index (χ3n) is 3.30. The number of hydrogen-bond donors (Lipinski definition) is 0. The van der Waals surface area contributed by atoms with E-state index in [4.69, 9.17) is 18.9 Å². The average molecular weight is 332 g/mol. The quantitative estimate of drug-likeness (QED) is 0.456. The predicted octanol–water partition coefficient (Wildman–Crippen LogP) is 2.73. The van der Waals surface area contributed by atoms with Crippen LogP contribution in [0.3, 0.4) is 0 Å². The highest BCUT2D eigenvalue weighted by Crippen LogP contribution is 2.13. The zero-order valence-electron chi connectivity index (χ0n) is 15.0. The van der Waals surface area contributed by atoms with Crippen molar-refractivity contribution in [2.45, 2.75) is 59.5 Å². The summed E-state index contributed by atoms with van der Waals surface area (Å²) in [6, 6.07) is 0. The second-order valence-corrected chi connectivity index (χ2v) is 5.31. The largest absolute Gasteiger partial charge is 0.464 e. The highest BCUT2D eigenvalue weighted by molar-refractivity contribution is 5.74. The lowest BCUT2D eigenvalue weighted by atomic mass is 10.0. The minimum atomic E-state index is -0.538. The van der Waals surface area contributed by atoms with Gasteiger partial charge in [-0.2, -0.15) is 0 Å². The molecule has 2 atom stereocenters. The summed E-state index contributed by atoms with van der Waals surface area (Å²) < 4.78 is 20.9. The molecular weight excluding hydrogens is 300 g/mol. The fraction of sp³-hybridized carbons (Fsp3) is 0.882. The molecular formula is C17H32O6. The predicted molar refractivity (Wildman–Crippen MR) is 87.1 cm³/mol. The molecule has 6 heteroatoms. The Morgan fingerprint density at radius 2 is 1.65 bits per heavy atom. The number of rotatable bonds is 14. The van der Waals surface area contributed by atoms with Gasteiger partial charge in [-0.3, -0.25) is 0 Å². The van der Waals surface area contributed by atoms with Crippen LogP contribution in [0, 0.1) is 5.92 Å². The molecule has 0 saturated heterocycles. The molecule has 0 aliphatic heterocycles. The number of ether oxygens (including phenoxy) is 4. The summed E-state index contributed by atoms with van der Waals surface area (Å²) in [6.45, 7) is 9.02. The number of esters is 2. The van der Waals surface area contributed by atoms with Gasteiger partial charge in [0.05, 0.1) is 26.4 Å². The molecule has 0 bridgehead atoms. The first-order chi connectivity index (χ1) is 11.1. The molecule has 0 fully saturated rings. The molecule has 0 heterocycles. The molecule has 0 aromatic heterocycles. The molecule has 23 heavy (non-hydrogen) atoms. The summed E-state index contributed by atoms with van der Waals surface area (Å²) in [5.41, 5.74) is 0. The van der Waals surface area contributed by atoms with Gasteiger partial charge >= 0.3 is 11.9 Å². The van der Waals surface area contributed by atoms with Crippen molar-refractivity contribution in [3.8, 4) is 0 Å². The zero-order valence-corrected chi connectivity index (χ0v) is 15.0. The van der Waals surface area contributed by atoms with Gasteiger partial charge in [0.2, 0.25) is 0 Å². The Morgan fingerprint density at radius 1 is 0.957 bits per heavy atom. The van der Waals surface area contributed by atoms with E-state index in [1.54, 1.807) is 13.8 Å². The van der Waals surface area contributed by atoms with Gasteiger partial charge in [-0.1, -0.05) is 26.7 Å². The molecule has 0 aliphatic carbocycles. The molecule has 0 aromatic carbocycles. The molecule has 0 aromatic rings. The molecule has 0 rings (SSSR count). The van der Waals surface area contributed by atoms with Crippen LogP contribution in [0.25, 0.3) is 0 Å². The number of hydrogen-bond acceptors (Lipinski definition) is 6. The maximum atomic E-state index is 11.7. The average Bonchev–Trinajstić information content (AvgIpc) is 2.53. The standard InChI is InChI=1S/C17H32O6/c1-5-9-10-14(11-20-13-16(18)21-7-3)12-23-15(6-2)17(19)22-8-4/h14-15H,5-13H2,1-4H3. The normalized spacial score (nSPS) is 13.4. The van der Waals surface area contributed by atoms with E-state index in [9.17, 15) is 9.59 Å². The smallest absolute Gasteiger partial charge is 0.335 e. The van der Waals surface area contributed by atoms with Crippen molar-refractivity contribution in [3.63, 3.8) is 0 Å². The topological polar surface area (TPSA) is 71.1 Å². The first kappa shape index (κ1) is 21.9. The van der Waals surface area contributed by atoms with Crippen LogP contribution < -0.4 is 0 Å². The van der Waals surface area contributed by atoms with Gasteiger partial charge in [0.25, 0.3) is 0 Å². The highest BCUT2D eigenvalue weighted by atomic mass is 16.6. The van der Waals surface area contributed by atoms with E-state index in [0.717, 1.165) is 19.3 Å². The van der Waals surface area contributed by atoms with Crippen LogP contribution >= 0.6 is 0 Å². The van der Waals surface area contributed by atoms with E-state index >= 15 is 0 Å². The fourth-order valence-corrected chi connectivity index (χ4v) is 2.06. The summed E-state index contributed by atoms with van der Waals surface area (Å²) in [5.74, 6) is -0.537. The van der Waals surface area contributed by atoms with Crippen LogP contribution in [0.1, 0.15) is 53.4 Å². The summed E-state index contributed by atoms with van der Waals surface area (Å²) >= 11 is 0. The molecule has 0 aliphatic rings. The molecule has 0 radical (unpaired) electrons.